The molecular formula is C25H28ClN5O3. The Hall–Kier alpha value is -3.20. The molecule has 0 amide bonds. The molecule has 0 unspecified atom stereocenters. The maximum Gasteiger partial charge on any atom is 0.274 e. The Kier molecular flexibility index (Phi) is 6.49. The van der Waals surface area contributed by atoms with Crippen LogP contribution in [0.15, 0.2) is 53.6 Å². The zero-order valence-electron chi connectivity index (χ0n) is 19.6. The van der Waals surface area contributed by atoms with Crippen LogP contribution in [-0.4, -0.2) is 42.2 Å². The molecule has 2 aromatic carbocycles. The van der Waals surface area contributed by atoms with Crippen LogP contribution in [0.25, 0.3) is 22.0 Å². The van der Waals surface area contributed by atoms with Crippen LogP contribution in [0, 0.1) is 0 Å². The molecule has 0 spiro atoms. The highest BCUT2D eigenvalue weighted by Crippen LogP contribution is 2.26. The topological polar surface area (TPSA) is 105 Å². The summed E-state index contributed by atoms with van der Waals surface area (Å²) in [5.41, 5.74) is 2.84. The van der Waals surface area contributed by atoms with E-state index in [9.17, 15) is 15.0 Å². The van der Waals surface area contributed by atoms with Crippen molar-refractivity contribution < 1.29 is 10.2 Å². The number of anilines is 1. The third-order valence-corrected chi connectivity index (χ3v) is 6.03. The number of nitrogens with zero attached hydrogens (tertiary/aromatic N) is 4. The lowest BCUT2D eigenvalue weighted by molar-refractivity contribution is 0.0687. The molecule has 0 aliphatic rings. The van der Waals surface area contributed by atoms with E-state index in [1.54, 1.807) is 57.0 Å². The van der Waals surface area contributed by atoms with Gasteiger partial charge in [-0.3, -0.25) is 14.2 Å². The molecular weight excluding hydrogens is 454 g/mol. The molecule has 8 nitrogen and oxygen atoms in total. The number of aliphatic hydroxyl groups is 2. The monoisotopic (exact) mass is 481 g/mol. The second kappa shape index (κ2) is 9.21. The Morgan fingerprint density at radius 3 is 2.47 bits per heavy atom. The molecule has 0 aliphatic carbocycles. The Bertz CT molecular complexity index is 1380. The largest absolute Gasteiger partial charge is 0.392 e. The molecule has 34 heavy (non-hydrogen) atoms. The van der Waals surface area contributed by atoms with E-state index in [4.69, 9.17) is 11.6 Å². The third-order valence-electron chi connectivity index (χ3n) is 5.66. The fraction of sp³-hybridized carbons (Fsp3) is 0.320. The summed E-state index contributed by atoms with van der Waals surface area (Å²) in [7, 11) is 1.73. The van der Waals surface area contributed by atoms with Crippen LogP contribution in [0.1, 0.15) is 32.2 Å². The molecule has 0 bridgehead atoms. The minimum atomic E-state index is -1.12. The zero-order valence-corrected chi connectivity index (χ0v) is 20.3. The van der Waals surface area contributed by atoms with Gasteiger partial charge in [0, 0.05) is 42.3 Å². The number of benzene rings is 2. The van der Waals surface area contributed by atoms with Gasteiger partial charge in [0.05, 0.1) is 23.6 Å². The summed E-state index contributed by atoms with van der Waals surface area (Å²) in [6, 6.07) is 11.2. The summed E-state index contributed by atoms with van der Waals surface area (Å²) in [6.07, 6.45) is 2.86. The van der Waals surface area contributed by atoms with Crippen molar-refractivity contribution in [2.24, 2.45) is 7.05 Å². The highest BCUT2D eigenvalue weighted by Gasteiger charge is 2.19. The van der Waals surface area contributed by atoms with Gasteiger partial charge in [-0.1, -0.05) is 17.7 Å². The van der Waals surface area contributed by atoms with Crippen molar-refractivity contribution in [1.29, 1.82) is 0 Å². The maximum atomic E-state index is 12.9. The molecule has 2 heterocycles. The summed E-state index contributed by atoms with van der Waals surface area (Å²) in [4.78, 5) is 21.5. The van der Waals surface area contributed by atoms with Gasteiger partial charge in [0.1, 0.15) is 5.60 Å². The van der Waals surface area contributed by atoms with Crippen molar-refractivity contribution >= 4 is 28.2 Å². The summed E-state index contributed by atoms with van der Waals surface area (Å²) in [5, 5.41) is 24.0. The molecule has 1 atom stereocenters. The van der Waals surface area contributed by atoms with Crippen LogP contribution >= 0.6 is 11.6 Å². The van der Waals surface area contributed by atoms with Gasteiger partial charge in [-0.05, 0) is 62.2 Å². The Labute approximate surface area is 202 Å². The first kappa shape index (κ1) is 23.9. The average Bonchev–Trinajstić information content (AvgIpc) is 3.03. The van der Waals surface area contributed by atoms with E-state index >= 15 is 0 Å². The average molecular weight is 482 g/mol. The van der Waals surface area contributed by atoms with E-state index < -0.39 is 11.7 Å². The van der Waals surface area contributed by atoms with Gasteiger partial charge in [0.15, 0.2) is 5.82 Å². The number of aromatic nitrogens is 4. The Morgan fingerprint density at radius 2 is 1.82 bits per heavy atom. The molecule has 0 aliphatic heterocycles. The van der Waals surface area contributed by atoms with Crippen LogP contribution < -0.4 is 10.9 Å². The smallest absolute Gasteiger partial charge is 0.274 e. The van der Waals surface area contributed by atoms with Gasteiger partial charge >= 0.3 is 0 Å². The molecule has 0 saturated heterocycles. The second-order valence-electron chi connectivity index (χ2n) is 9.01. The zero-order chi connectivity index (χ0) is 24.6. The van der Waals surface area contributed by atoms with E-state index in [0.717, 1.165) is 27.9 Å². The van der Waals surface area contributed by atoms with E-state index in [2.05, 4.69) is 15.3 Å². The molecule has 9 heteroatoms. The highest BCUT2D eigenvalue weighted by molar-refractivity contribution is 6.31. The van der Waals surface area contributed by atoms with E-state index in [1.807, 2.05) is 28.9 Å². The summed E-state index contributed by atoms with van der Waals surface area (Å²) >= 11 is 6.48. The first-order chi connectivity index (χ1) is 16.0. The fourth-order valence-corrected chi connectivity index (χ4v) is 3.95. The molecule has 4 aromatic rings. The molecule has 0 radical (unpaired) electrons. The standard InChI is InChI=1S/C25H28ClN5O3/c1-15(32)11-27-19-6-8-21(26)17(9-19)14-31-22-10-16(5-7-20(22)23(33)30(31)4)18-12-28-24(29-13-18)25(2,3)34/h5-10,12-13,15,27,32,34H,11,14H2,1-4H3/t15-/m0/s1. The lowest BCUT2D eigenvalue weighted by Gasteiger charge is -2.15. The van der Waals surface area contributed by atoms with Crippen LogP contribution in [-0.2, 0) is 19.2 Å². The van der Waals surface area contributed by atoms with Crippen molar-refractivity contribution in [3.8, 4) is 11.1 Å². The van der Waals surface area contributed by atoms with Gasteiger partial charge < -0.3 is 15.5 Å². The van der Waals surface area contributed by atoms with E-state index in [1.165, 1.54) is 0 Å². The number of nitrogens with one attached hydrogen (secondary N) is 1. The molecule has 3 N–H and O–H groups in total. The predicted octanol–water partition coefficient (Wildman–Crippen LogP) is 3.52. The molecule has 2 aromatic heterocycles. The van der Waals surface area contributed by atoms with Crippen molar-refractivity contribution in [3.05, 3.63) is 75.6 Å². The van der Waals surface area contributed by atoms with Gasteiger partial charge in [0.2, 0.25) is 0 Å². The number of fused-ring (bicyclic) bond motifs is 1. The fourth-order valence-electron chi connectivity index (χ4n) is 3.77. The highest BCUT2D eigenvalue weighted by atomic mass is 35.5. The second-order valence-corrected chi connectivity index (χ2v) is 9.42. The normalized spacial score (nSPS) is 12.8. The SMILES string of the molecule is C[C@H](O)CNc1ccc(Cl)c(Cn2c3cc(-c4cnc(C(C)(C)O)nc4)ccc3c(=O)n2C)c1. The number of aliphatic hydroxyl groups excluding tert-OH is 1. The number of hydrogen-bond donors (Lipinski definition) is 3. The summed E-state index contributed by atoms with van der Waals surface area (Å²) in [5.74, 6) is 0.340. The first-order valence-corrected chi connectivity index (χ1v) is 11.4. The van der Waals surface area contributed by atoms with Crippen LogP contribution in [0.2, 0.25) is 5.02 Å². The van der Waals surface area contributed by atoms with Crippen LogP contribution in [0.4, 0.5) is 5.69 Å². The van der Waals surface area contributed by atoms with E-state index in [0.29, 0.717) is 29.3 Å². The van der Waals surface area contributed by atoms with Crippen molar-refractivity contribution in [1.82, 2.24) is 19.3 Å². The number of halogens is 1. The first-order valence-electron chi connectivity index (χ1n) is 11.0. The predicted molar refractivity (Wildman–Crippen MR) is 134 cm³/mol. The van der Waals surface area contributed by atoms with Crippen molar-refractivity contribution in [3.63, 3.8) is 0 Å². The minimum Gasteiger partial charge on any atom is -0.392 e. The summed E-state index contributed by atoms with van der Waals surface area (Å²) in [6.45, 7) is 5.79. The van der Waals surface area contributed by atoms with Gasteiger partial charge in [-0.2, -0.15) is 0 Å². The minimum absolute atomic E-state index is 0.102. The summed E-state index contributed by atoms with van der Waals surface area (Å²) < 4.78 is 3.46. The van der Waals surface area contributed by atoms with Crippen molar-refractivity contribution in [2.75, 3.05) is 11.9 Å². The van der Waals surface area contributed by atoms with Gasteiger partial charge in [-0.15, -0.1) is 0 Å². The lowest BCUT2D eigenvalue weighted by atomic mass is 10.1. The Morgan fingerprint density at radius 1 is 1.12 bits per heavy atom. The van der Waals surface area contributed by atoms with Gasteiger partial charge in [0.25, 0.3) is 5.56 Å². The Balaban J connectivity index is 1.73. The molecule has 0 saturated carbocycles. The molecule has 178 valence electrons. The maximum absolute atomic E-state index is 12.9. The molecule has 4 rings (SSSR count). The number of hydrogen-bond acceptors (Lipinski definition) is 6. The van der Waals surface area contributed by atoms with Crippen LogP contribution in [0.5, 0.6) is 0 Å². The van der Waals surface area contributed by atoms with Crippen LogP contribution in [0.3, 0.4) is 0 Å². The lowest BCUT2D eigenvalue weighted by Crippen LogP contribution is -2.20. The third kappa shape index (κ3) is 4.84. The number of rotatable bonds is 7. The van der Waals surface area contributed by atoms with Gasteiger partial charge in [-0.25, -0.2) is 9.97 Å². The quantitative estimate of drug-likeness (QED) is 0.373. The van der Waals surface area contributed by atoms with E-state index in [-0.39, 0.29) is 5.56 Å². The van der Waals surface area contributed by atoms with Crippen molar-refractivity contribution in [2.45, 2.75) is 39.0 Å². The molecule has 0 fully saturated rings.